The number of thioether (sulfide) groups is 1. The number of aromatic nitrogens is 3. The van der Waals surface area contributed by atoms with Crippen molar-refractivity contribution in [1.82, 2.24) is 20.1 Å². The number of pyridine rings is 1. The molecule has 2 aliphatic rings. The molecule has 2 aliphatic heterocycles. The second-order valence-electron chi connectivity index (χ2n) is 8.42. The molecular formula is C21H25F3N6O4S2. The van der Waals surface area contributed by atoms with E-state index < -0.39 is 28.2 Å². The number of halogens is 3. The molecule has 0 saturated carbocycles. The van der Waals surface area contributed by atoms with Crippen molar-refractivity contribution >= 4 is 32.4 Å². The highest BCUT2D eigenvalue weighted by atomic mass is 32.2. The Morgan fingerprint density at radius 2 is 2.03 bits per heavy atom. The first-order valence-corrected chi connectivity index (χ1v) is 13.4. The fourth-order valence-corrected chi connectivity index (χ4v) is 6.44. The molecule has 0 spiro atoms. The van der Waals surface area contributed by atoms with Gasteiger partial charge in [-0.05, 0) is 0 Å². The van der Waals surface area contributed by atoms with Crippen molar-refractivity contribution in [2.24, 2.45) is 17.6 Å². The summed E-state index contributed by atoms with van der Waals surface area (Å²) in [5, 5.41) is 6.80. The number of sulfonamides is 1. The Morgan fingerprint density at radius 3 is 2.64 bits per heavy atom. The van der Waals surface area contributed by atoms with Crippen molar-refractivity contribution in [2.75, 3.05) is 49.5 Å². The van der Waals surface area contributed by atoms with E-state index >= 15 is 0 Å². The van der Waals surface area contributed by atoms with Crippen molar-refractivity contribution in [1.29, 1.82) is 0 Å². The highest BCUT2D eigenvalue weighted by molar-refractivity contribution is 8.11. The number of nitrogens with zero attached hydrogens (tertiary/aromatic N) is 5. The maximum atomic E-state index is 13.9. The number of likely N-dealkylation sites (tertiary alicyclic amines) is 1. The first-order valence-electron chi connectivity index (χ1n) is 11.0. The molecule has 0 bridgehead atoms. The zero-order chi connectivity index (χ0) is 25.9. The Hall–Kier alpha value is -2.62. The number of nitrogens with two attached hydrogens (primary N) is 1. The van der Waals surface area contributed by atoms with Crippen LogP contribution in [0.5, 0.6) is 0 Å². The van der Waals surface area contributed by atoms with Gasteiger partial charge in [0.2, 0.25) is 10.0 Å². The number of alkyl halides is 2. The predicted octanol–water partition coefficient (Wildman–Crippen LogP) is 2.46. The molecule has 10 nitrogen and oxygen atoms in total. The zero-order valence-electron chi connectivity index (χ0n) is 19.1. The Balaban J connectivity index is 1.47. The van der Waals surface area contributed by atoms with E-state index in [1.54, 1.807) is 0 Å². The molecule has 36 heavy (non-hydrogen) atoms. The van der Waals surface area contributed by atoms with E-state index in [1.165, 1.54) is 6.20 Å². The van der Waals surface area contributed by atoms with Gasteiger partial charge in [-0.15, -0.1) is 10.2 Å². The number of rotatable bonds is 11. The lowest BCUT2D eigenvalue weighted by Gasteiger charge is -2.26. The molecule has 0 radical (unpaired) electrons. The van der Waals surface area contributed by atoms with E-state index in [9.17, 15) is 21.6 Å². The van der Waals surface area contributed by atoms with Crippen LogP contribution in [0.3, 0.4) is 0 Å². The van der Waals surface area contributed by atoms with E-state index in [-0.39, 0.29) is 33.7 Å². The van der Waals surface area contributed by atoms with Crippen LogP contribution >= 0.6 is 11.8 Å². The fourth-order valence-electron chi connectivity index (χ4n) is 4.13. The third kappa shape index (κ3) is 6.19. The van der Waals surface area contributed by atoms with Crippen LogP contribution in [0.2, 0.25) is 0 Å². The van der Waals surface area contributed by atoms with E-state index in [2.05, 4.69) is 26.7 Å². The summed E-state index contributed by atoms with van der Waals surface area (Å²) in [4.78, 5) is 6.22. The summed E-state index contributed by atoms with van der Waals surface area (Å²) in [5.41, 5.74) is 5.62. The summed E-state index contributed by atoms with van der Waals surface area (Å²) >= 11 is 0.877. The van der Waals surface area contributed by atoms with Gasteiger partial charge in [0, 0.05) is 48.6 Å². The standard InChI is InChI=1S/C21H25F3N6O4S2/c1-13(35-18(5-25)20-27-28-21(34-20)19(23)24)8-30(17-4-16(22)6-26-7-17)36(31,32)3-2-29-9-14-11-33-12-15(14)10-29/h4-7,14-15,19H,1-3,8-12,25H2/b18-5-. The summed E-state index contributed by atoms with van der Waals surface area (Å²) < 4.78 is 77.7. The first-order chi connectivity index (χ1) is 17.2. The van der Waals surface area contributed by atoms with Crippen LogP contribution in [-0.2, 0) is 14.8 Å². The molecule has 4 rings (SSSR count). The van der Waals surface area contributed by atoms with Gasteiger partial charge in [0.1, 0.15) is 5.82 Å². The van der Waals surface area contributed by atoms with E-state index in [0.717, 1.165) is 47.6 Å². The molecule has 196 valence electrons. The van der Waals surface area contributed by atoms with Gasteiger partial charge >= 0.3 is 6.43 Å². The monoisotopic (exact) mass is 546 g/mol. The van der Waals surface area contributed by atoms with Crippen molar-refractivity contribution in [3.63, 3.8) is 0 Å². The van der Waals surface area contributed by atoms with Gasteiger partial charge in [0.05, 0.1) is 48.5 Å². The summed E-state index contributed by atoms with van der Waals surface area (Å²) in [6, 6.07) is 1.06. The lowest BCUT2D eigenvalue weighted by molar-refractivity contribution is 0.114. The second kappa shape index (κ2) is 11.2. The zero-order valence-corrected chi connectivity index (χ0v) is 20.7. The van der Waals surface area contributed by atoms with Gasteiger partial charge in [-0.2, -0.15) is 8.78 Å². The second-order valence-corrected chi connectivity index (χ2v) is 11.7. The summed E-state index contributed by atoms with van der Waals surface area (Å²) in [6.07, 6.45) is 0.314. The topological polar surface area (TPSA) is 128 Å². The van der Waals surface area contributed by atoms with Crippen molar-refractivity contribution < 1.29 is 30.7 Å². The van der Waals surface area contributed by atoms with Crippen LogP contribution in [0, 0.1) is 17.7 Å². The normalized spacial score (nSPS) is 20.7. The highest BCUT2D eigenvalue weighted by Crippen LogP contribution is 2.34. The quantitative estimate of drug-likeness (QED) is 0.449. The average molecular weight is 547 g/mol. The Kier molecular flexibility index (Phi) is 8.22. The summed E-state index contributed by atoms with van der Waals surface area (Å²) in [6.45, 7) is 6.81. The Labute approximate surface area is 210 Å². The van der Waals surface area contributed by atoms with Crippen LogP contribution in [0.15, 0.2) is 40.6 Å². The Morgan fingerprint density at radius 1 is 1.31 bits per heavy atom. The van der Waals surface area contributed by atoms with Crippen molar-refractivity contribution in [3.8, 4) is 0 Å². The van der Waals surface area contributed by atoms with Crippen LogP contribution in [0.4, 0.5) is 18.9 Å². The van der Waals surface area contributed by atoms with Crippen LogP contribution in [0.1, 0.15) is 18.2 Å². The molecule has 2 aromatic heterocycles. The summed E-state index contributed by atoms with van der Waals surface area (Å²) in [5.74, 6) is -1.23. The van der Waals surface area contributed by atoms with Gasteiger partial charge in [-0.1, -0.05) is 18.3 Å². The smallest absolute Gasteiger partial charge is 0.314 e. The van der Waals surface area contributed by atoms with E-state index in [1.807, 2.05) is 0 Å². The molecule has 4 heterocycles. The summed E-state index contributed by atoms with van der Waals surface area (Å²) in [7, 11) is -3.93. The van der Waals surface area contributed by atoms with E-state index in [4.69, 9.17) is 14.9 Å². The number of fused-ring (bicyclic) bond motifs is 1. The maximum Gasteiger partial charge on any atom is 0.314 e. The van der Waals surface area contributed by atoms with Crippen LogP contribution in [0.25, 0.3) is 4.91 Å². The molecule has 2 saturated heterocycles. The maximum absolute atomic E-state index is 13.9. The molecule has 2 fully saturated rings. The fraction of sp³-hybridized carbons (Fsp3) is 0.476. The van der Waals surface area contributed by atoms with Crippen molar-refractivity contribution in [3.05, 3.63) is 53.7 Å². The van der Waals surface area contributed by atoms with E-state index in [0.29, 0.717) is 31.6 Å². The molecular weight excluding hydrogens is 521 g/mol. The molecule has 2 N–H and O–H groups in total. The van der Waals surface area contributed by atoms with Gasteiger partial charge in [-0.25, -0.2) is 12.8 Å². The predicted molar refractivity (Wildman–Crippen MR) is 128 cm³/mol. The number of ether oxygens (including phenoxy) is 1. The molecule has 0 aliphatic carbocycles. The minimum absolute atomic E-state index is 0.0273. The van der Waals surface area contributed by atoms with Gasteiger partial charge in [0.15, 0.2) is 0 Å². The highest BCUT2D eigenvalue weighted by Gasteiger charge is 2.37. The number of hydrogen-bond donors (Lipinski definition) is 1. The third-order valence-electron chi connectivity index (χ3n) is 5.86. The molecule has 0 aromatic carbocycles. The molecule has 2 atom stereocenters. The number of hydrogen-bond acceptors (Lipinski definition) is 10. The minimum atomic E-state index is -3.93. The molecule has 2 aromatic rings. The molecule has 2 unspecified atom stereocenters. The SMILES string of the molecule is C=C(CN(c1cncc(F)c1)S(=O)(=O)CCN1CC2COCC2C1)S/C(=C\N)c1nnc(C(F)F)o1. The average Bonchev–Trinajstić information content (AvgIpc) is 3.56. The largest absolute Gasteiger partial charge is 0.414 e. The number of anilines is 1. The molecule has 0 amide bonds. The van der Waals surface area contributed by atoms with Crippen molar-refractivity contribution in [2.45, 2.75) is 6.43 Å². The van der Waals surface area contributed by atoms with Crippen LogP contribution in [-0.4, -0.2) is 73.6 Å². The first kappa shape index (κ1) is 26.4. The lowest BCUT2D eigenvalue weighted by Crippen LogP contribution is -2.38. The third-order valence-corrected chi connectivity index (χ3v) is 8.52. The molecule has 15 heteroatoms. The van der Waals surface area contributed by atoms with Crippen LogP contribution < -0.4 is 10.0 Å². The lowest BCUT2D eigenvalue weighted by atomic mass is 10.0. The van der Waals surface area contributed by atoms with Gasteiger partial charge in [0.25, 0.3) is 11.8 Å². The Bertz CT molecular complexity index is 1210. The van der Waals surface area contributed by atoms with Gasteiger partial charge < -0.3 is 19.8 Å². The van der Waals surface area contributed by atoms with Gasteiger partial charge in [-0.3, -0.25) is 9.29 Å². The minimum Gasteiger partial charge on any atom is -0.414 e.